The third-order valence-corrected chi connectivity index (χ3v) is 41.1. The van der Waals surface area contributed by atoms with Crippen LogP contribution in [0.2, 0.25) is 33.2 Å². The molecule has 2 aromatic rings. The average Bonchev–Trinajstić information content (AvgIpc) is 1.61. The van der Waals surface area contributed by atoms with Crippen molar-refractivity contribution in [1.82, 2.24) is 29.7 Å². The van der Waals surface area contributed by atoms with Gasteiger partial charge in [0.15, 0.2) is 30.5 Å². The van der Waals surface area contributed by atoms with E-state index in [9.17, 15) is 48.3 Å². The van der Waals surface area contributed by atoms with Gasteiger partial charge in [0.05, 0.1) is 75.7 Å². The standard InChI is InChI=1S/C32H55N3O9Si.C29H49N3O9Si.2C12H27P.2BrH/c1-9-11-17-33-25(36)12-15-32(40-19-20-41-32)16-13-27(38)43-28-24(10-2)42-30(35-18-14-26(37)34-31(35)39)29(28)44-45(21(3)4,22(5)6)23(7)8;1-8-9-15-30-23(35)12-10-21(34)11-13-25(37)40-26-22(17-33)39-28(32-16-14-24(36)31-29(32)38)27(26)41-42(18(2)3,19(4)5)20(6)7;2*1-4-7-10-13(11-8-5-2)12-9-6-3;;/h14,18,21-24,28-30H,9-13,15-17,19-20H2,1-8H3,(H,33,36)(H,34,37,39);14,16,18-20,22,26-28,33H,8-13,15,17H2,1-7H3,(H,30,35)(H,31,36,38);2*4-12H2,1-3H3;2*1H/t24-,28?,29+,30-;22-,26?,27+,28-;;;;/m11..../s1. The summed E-state index contributed by atoms with van der Waals surface area (Å²) in [5.74, 6) is -2.71. The van der Waals surface area contributed by atoms with Crippen molar-refractivity contribution in [3.05, 3.63) is 66.2 Å². The maximum atomic E-state index is 13.5. The number of hydrogen-bond donors (Lipinski definition) is 5. The molecule has 3 aliphatic rings. The fraction of sp³-hybridized carbons (Fsp3) is 0.847. The lowest BCUT2D eigenvalue weighted by Crippen LogP contribution is -3.00. The lowest BCUT2D eigenvalue weighted by Gasteiger charge is -2.45. The van der Waals surface area contributed by atoms with Gasteiger partial charge in [-0.25, -0.2) is 9.59 Å². The van der Waals surface area contributed by atoms with E-state index in [4.69, 9.17) is 37.3 Å². The summed E-state index contributed by atoms with van der Waals surface area (Å²) in [5.41, 5.74) is -1.34. The molecule has 0 radical (unpaired) electrons. The van der Waals surface area contributed by atoms with Crippen LogP contribution in [-0.4, -0.2) is 183 Å². The number of aromatic nitrogens is 4. The molecule has 5 rings (SSSR count). The van der Waals surface area contributed by atoms with Crippen LogP contribution in [0.1, 0.15) is 318 Å². The molecule has 3 fully saturated rings. The predicted molar refractivity (Wildman–Crippen MR) is 467 cm³/mol. The van der Waals surface area contributed by atoms with Crippen LogP contribution in [0.25, 0.3) is 0 Å². The molecule has 0 aliphatic carbocycles. The monoisotopic (exact) mass is 1830 g/mol. The summed E-state index contributed by atoms with van der Waals surface area (Å²) in [4.78, 5) is 117. The van der Waals surface area contributed by atoms with Crippen molar-refractivity contribution in [1.29, 1.82) is 0 Å². The van der Waals surface area contributed by atoms with Crippen molar-refractivity contribution < 1.29 is 100 Å². The normalized spacial score (nSPS) is 19.2. The lowest BCUT2D eigenvalue weighted by atomic mass is 10.0. The summed E-state index contributed by atoms with van der Waals surface area (Å²) in [6, 6.07) is 2.45. The van der Waals surface area contributed by atoms with Crippen LogP contribution < -0.4 is 67.1 Å². The van der Waals surface area contributed by atoms with Crippen molar-refractivity contribution in [3.63, 3.8) is 0 Å². The van der Waals surface area contributed by atoms with Gasteiger partial charge in [-0.3, -0.25) is 52.7 Å². The minimum atomic E-state index is -2.63. The number of ether oxygens (including phenoxy) is 6. The Hall–Kier alpha value is -3.12. The predicted octanol–water partition coefficient (Wildman–Crippen LogP) is 10.7. The Morgan fingerprint density at radius 1 is 0.470 bits per heavy atom. The lowest BCUT2D eigenvalue weighted by molar-refractivity contribution is -0.179. The van der Waals surface area contributed by atoms with Crippen molar-refractivity contribution in [3.8, 4) is 0 Å². The van der Waals surface area contributed by atoms with E-state index in [2.05, 4.69) is 152 Å². The third-order valence-electron chi connectivity index (χ3n) is 22.5. The SMILES string of the molecule is CCCCNC(=O)CCC(=O)CCC(=O)OC1[C@@H](CO)O[C@@H](n2ccc(=O)[nH]c2=O)[C@H]1O[Si](C(C)C)(C(C)C)C(C)C.CCCCNC(=O)CCC1(CCC(=O)OC2[C@@H](CC)O[C@@H](n3ccc(=O)[nH]c3=O)[C@H]2O[Si](C(C)C)(C(C)C)C(C)C)OCCO1.CCCC[PH+](CCCC)CCCC.CCCC[PH+](CCCC)CCCC.[Br-].[Br-]. The van der Waals surface area contributed by atoms with E-state index in [1.54, 1.807) is 37.0 Å². The van der Waals surface area contributed by atoms with Gasteiger partial charge in [-0.05, 0) is 91.0 Å². The molecule has 24 nitrogen and oxygen atoms in total. The minimum absolute atomic E-state index is 0. The van der Waals surface area contributed by atoms with Crippen LogP contribution >= 0.6 is 15.8 Å². The molecule has 5 N–H and O–H groups in total. The van der Waals surface area contributed by atoms with Gasteiger partial charge in [0.2, 0.25) is 28.4 Å². The summed E-state index contributed by atoms with van der Waals surface area (Å²) in [6.07, 6.45) is 27.1. The number of amides is 2. The van der Waals surface area contributed by atoms with Crippen LogP contribution in [0.5, 0.6) is 0 Å². The van der Waals surface area contributed by atoms with Crippen LogP contribution in [0.3, 0.4) is 0 Å². The maximum Gasteiger partial charge on any atom is 0.330 e. The van der Waals surface area contributed by atoms with Gasteiger partial charge in [-0.15, -0.1) is 0 Å². The first-order chi connectivity index (χ1) is 53.8. The van der Waals surface area contributed by atoms with Gasteiger partial charge in [-0.1, -0.05) is 197 Å². The van der Waals surface area contributed by atoms with E-state index in [1.165, 1.54) is 111 Å². The topological polar surface area (TPSA) is 313 Å². The van der Waals surface area contributed by atoms with E-state index < -0.39 is 113 Å². The van der Waals surface area contributed by atoms with E-state index >= 15 is 0 Å². The largest absolute Gasteiger partial charge is 1.00 e. The number of Topliss-reactive ketones (excluding diaryl/α,β-unsaturated/α-hetero) is 1. The van der Waals surface area contributed by atoms with Crippen LogP contribution in [-0.2, 0) is 61.2 Å². The Bertz CT molecular complexity index is 3120. The molecule has 2 aromatic heterocycles. The number of carbonyl (C=O) groups excluding carboxylic acids is 5. The zero-order valence-electron chi connectivity index (χ0n) is 74.9. The quantitative estimate of drug-likeness (QED) is 0.0178. The molecule has 0 saturated carbocycles. The summed E-state index contributed by atoms with van der Waals surface area (Å²) in [7, 11) is -5.05. The highest BCUT2D eigenvalue weighted by atomic mass is 79.9. The van der Waals surface area contributed by atoms with E-state index in [-0.39, 0.29) is 146 Å². The Labute approximate surface area is 717 Å². The van der Waals surface area contributed by atoms with Crippen LogP contribution in [0, 0.1) is 0 Å². The smallest absolute Gasteiger partial charge is 0.330 e. The van der Waals surface area contributed by atoms with Gasteiger partial charge in [-0.2, -0.15) is 0 Å². The first-order valence-electron chi connectivity index (χ1n) is 44.1. The van der Waals surface area contributed by atoms with Crippen molar-refractivity contribution in [2.75, 3.05) is 69.9 Å². The van der Waals surface area contributed by atoms with E-state index in [0.29, 0.717) is 39.1 Å². The number of halogens is 2. The minimum Gasteiger partial charge on any atom is -1.00 e. The van der Waals surface area contributed by atoms with Gasteiger partial charge in [0.25, 0.3) is 11.1 Å². The highest BCUT2D eigenvalue weighted by molar-refractivity contribution is 7.57. The molecule has 2 unspecified atom stereocenters. The highest BCUT2D eigenvalue weighted by Crippen LogP contribution is 2.49. The molecular weight excluding hydrogens is 1670 g/mol. The molecule has 0 spiro atoms. The Morgan fingerprint density at radius 3 is 1.12 bits per heavy atom. The fourth-order valence-electron chi connectivity index (χ4n) is 16.3. The van der Waals surface area contributed by atoms with Crippen molar-refractivity contribution >= 4 is 62.0 Å². The molecule has 8 atom stereocenters. The first kappa shape index (κ1) is 112. The number of ketones is 1. The first-order valence-corrected chi connectivity index (χ1v) is 52.6. The van der Waals surface area contributed by atoms with Gasteiger partial charge < -0.3 is 87.0 Å². The zero-order chi connectivity index (χ0) is 84.9. The number of nitrogens with one attached hydrogen (secondary N) is 4. The molecular formula is C85H160Br2N6O18P2Si2. The number of rotatable bonds is 52. The molecule has 0 aromatic carbocycles. The molecule has 670 valence electrons. The number of nitrogens with zero attached hydrogens (tertiary/aromatic N) is 2. The summed E-state index contributed by atoms with van der Waals surface area (Å²) < 4.78 is 53.0. The van der Waals surface area contributed by atoms with Gasteiger partial charge in [0, 0.05) is 92.0 Å². The number of unbranched alkanes of at least 4 members (excludes halogenated alkanes) is 8. The molecule has 3 aliphatic heterocycles. The summed E-state index contributed by atoms with van der Waals surface area (Å²) in [6.45, 7) is 46.9. The number of aliphatic hydroxyl groups excluding tert-OH is 1. The second-order valence-corrected chi connectivity index (χ2v) is 50.0. The average molecular weight is 1830 g/mol. The van der Waals surface area contributed by atoms with Gasteiger partial charge in [0.1, 0.15) is 24.1 Å². The molecule has 5 heterocycles. The fourth-order valence-corrected chi connectivity index (χ4v) is 34.0. The summed E-state index contributed by atoms with van der Waals surface area (Å²) >= 11 is 0. The molecule has 3 saturated heterocycles. The number of aromatic amines is 2. The number of H-pyrrole nitrogens is 2. The molecule has 115 heavy (non-hydrogen) atoms. The summed E-state index contributed by atoms with van der Waals surface area (Å²) in [5, 5.41) is 15.9. The number of hydrogen-bond acceptors (Lipinski definition) is 18. The number of aliphatic hydroxyl groups is 1. The number of carbonyl (C=O) groups is 5. The van der Waals surface area contributed by atoms with Gasteiger partial charge >= 0.3 is 23.3 Å². The van der Waals surface area contributed by atoms with Crippen molar-refractivity contribution in [2.24, 2.45) is 0 Å². The molecule has 30 heteroatoms. The zero-order valence-corrected chi connectivity index (χ0v) is 82.1. The molecule has 0 bridgehead atoms. The van der Waals surface area contributed by atoms with E-state index in [1.807, 2.05) is 13.8 Å². The third kappa shape index (κ3) is 38.0. The van der Waals surface area contributed by atoms with Crippen LogP contribution in [0.4, 0.5) is 0 Å². The highest BCUT2D eigenvalue weighted by Gasteiger charge is 2.57. The molecule has 2 amide bonds. The Morgan fingerprint density at radius 2 is 0.791 bits per heavy atom. The van der Waals surface area contributed by atoms with E-state index in [0.717, 1.165) is 25.7 Å². The second kappa shape index (κ2) is 61.2. The van der Waals surface area contributed by atoms with Crippen molar-refractivity contribution in [2.45, 2.75) is 394 Å². The Kier molecular flexibility index (Phi) is 59.6. The number of esters is 2. The maximum absolute atomic E-state index is 13.5. The Balaban J connectivity index is 0.00000171. The second-order valence-electron chi connectivity index (χ2n) is 33.1. The van der Waals surface area contributed by atoms with Crippen LogP contribution in [0.15, 0.2) is 43.7 Å².